The van der Waals surface area contributed by atoms with Crippen molar-refractivity contribution in [2.75, 3.05) is 18.0 Å². The predicted molar refractivity (Wildman–Crippen MR) is 113 cm³/mol. The van der Waals surface area contributed by atoms with Crippen LogP contribution in [0, 0.1) is 0 Å². The van der Waals surface area contributed by atoms with E-state index in [1.54, 1.807) is 22.1 Å². The van der Waals surface area contributed by atoms with Crippen molar-refractivity contribution < 1.29 is 9.90 Å². The number of aromatic nitrogens is 3. The van der Waals surface area contributed by atoms with Gasteiger partial charge in [-0.1, -0.05) is 48.4 Å². The molecule has 0 saturated heterocycles. The number of thiazole rings is 1. The first-order chi connectivity index (χ1) is 13.5. The monoisotopic (exact) mass is 416 g/mol. The van der Waals surface area contributed by atoms with Crippen molar-refractivity contribution in [3.63, 3.8) is 0 Å². The number of hydrogen-bond acceptors (Lipinski definition) is 5. The Kier molecular flexibility index (Phi) is 5.37. The van der Waals surface area contributed by atoms with E-state index in [2.05, 4.69) is 29.1 Å². The lowest BCUT2D eigenvalue weighted by molar-refractivity contribution is 0.0689. The summed E-state index contributed by atoms with van der Waals surface area (Å²) in [4.78, 5) is 18.5. The molecule has 146 valence electrons. The largest absolute Gasteiger partial charge is 0.476 e. The number of halogens is 1. The number of aryl methyl sites for hydroxylation is 1. The van der Waals surface area contributed by atoms with Crippen molar-refractivity contribution in [3.8, 4) is 0 Å². The topological polar surface area (TPSA) is 71.2 Å². The summed E-state index contributed by atoms with van der Waals surface area (Å²) in [7, 11) is 0. The van der Waals surface area contributed by atoms with Gasteiger partial charge in [0, 0.05) is 29.4 Å². The summed E-state index contributed by atoms with van der Waals surface area (Å²) in [6, 6.07) is 5.50. The highest BCUT2D eigenvalue weighted by Crippen LogP contribution is 2.34. The number of nitrogens with zero attached hydrogens (tertiary/aromatic N) is 4. The van der Waals surface area contributed by atoms with E-state index in [1.165, 1.54) is 0 Å². The van der Waals surface area contributed by atoms with Crippen LogP contribution >= 0.6 is 22.9 Å². The molecule has 4 rings (SSSR count). The summed E-state index contributed by atoms with van der Waals surface area (Å²) < 4.78 is 2.80. The van der Waals surface area contributed by atoms with E-state index in [9.17, 15) is 9.90 Å². The van der Waals surface area contributed by atoms with Gasteiger partial charge in [0.25, 0.3) is 0 Å². The molecule has 0 saturated carbocycles. The van der Waals surface area contributed by atoms with Gasteiger partial charge in [-0.25, -0.2) is 9.78 Å². The van der Waals surface area contributed by atoms with Gasteiger partial charge in [0.05, 0.1) is 16.8 Å². The van der Waals surface area contributed by atoms with Gasteiger partial charge in [-0.05, 0) is 31.0 Å². The molecule has 1 aliphatic heterocycles. The second kappa shape index (κ2) is 7.93. The number of carboxylic acid groups (broad SMARTS) is 1. The molecular weight excluding hydrogens is 396 g/mol. The SMILES string of the molecule is CCCc1cc(C(=O)O)nn1Cc1cc(Cl)cc2sc(N3CC=CCC3)nc12. The van der Waals surface area contributed by atoms with Crippen molar-refractivity contribution in [3.05, 3.63) is 52.3 Å². The number of hydrogen-bond donors (Lipinski definition) is 1. The van der Waals surface area contributed by atoms with Gasteiger partial charge in [0.15, 0.2) is 10.8 Å². The zero-order valence-electron chi connectivity index (χ0n) is 15.6. The van der Waals surface area contributed by atoms with Gasteiger partial charge < -0.3 is 10.0 Å². The smallest absolute Gasteiger partial charge is 0.356 e. The normalized spacial score (nSPS) is 14.1. The van der Waals surface area contributed by atoms with Crippen LogP contribution < -0.4 is 4.90 Å². The quantitative estimate of drug-likeness (QED) is 0.594. The van der Waals surface area contributed by atoms with Gasteiger partial charge in [0.2, 0.25) is 0 Å². The summed E-state index contributed by atoms with van der Waals surface area (Å²) in [6.45, 7) is 4.34. The molecule has 1 N–H and O–H groups in total. The first-order valence-electron chi connectivity index (χ1n) is 9.34. The summed E-state index contributed by atoms with van der Waals surface area (Å²) >= 11 is 8.01. The molecule has 0 spiro atoms. The Labute approximate surface area is 172 Å². The Morgan fingerprint density at radius 1 is 1.32 bits per heavy atom. The van der Waals surface area contributed by atoms with E-state index in [-0.39, 0.29) is 5.69 Å². The molecule has 0 fully saturated rings. The number of fused-ring (bicyclic) bond motifs is 1. The van der Waals surface area contributed by atoms with Crippen molar-refractivity contribution in [1.29, 1.82) is 0 Å². The Morgan fingerprint density at radius 2 is 2.18 bits per heavy atom. The summed E-state index contributed by atoms with van der Waals surface area (Å²) in [5, 5.41) is 15.2. The third kappa shape index (κ3) is 3.77. The molecule has 3 heterocycles. The average Bonchev–Trinajstić information content (AvgIpc) is 3.27. The third-order valence-electron chi connectivity index (χ3n) is 4.76. The van der Waals surface area contributed by atoms with Crippen LogP contribution in [0.2, 0.25) is 5.02 Å². The fourth-order valence-electron chi connectivity index (χ4n) is 3.44. The Balaban J connectivity index is 1.73. The number of carbonyl (C=O) groups is 1. The molecule has 0 amide bonds. The maximum atomic E-state index is 11.3. The van der Waals surface area contributed by atoms with E-state index in [1.807, 2.05) is 12.1 Å². The van der Waals surface area contributed by atoms with Crippen molar-refractivity contribution in [1.82, 2.24) is 14.8 Å². The molecule has 0 bridgehead atoms. The minimum atomic E-state index is -1.01. The zero-order valence-corrected chi connectivity index (χ0v) is 17.1. The van der Waals surface area contributed by atoms with E-state index >= 15 is 0 Å². The van der Waals surface area contributed by atoms with Crippen LogP contribution in [0.15, 0.2) is 30.4 Å². The zero-order chi connectivity index (χ0) is 19.7. The van der Waals surface area contributed by atoms with E-state index in [0.29, 0.717) is 11.6 Å². The van der Waals surface area contributed by atoms with Crippen LogP contribution in [0.1, 0.15) is 41.5 Å². The van der Waals surface area contributed by atoms with Crippen LogP contribution in [0.4, 0.5) is 5.13 Å². The lowest BCUT2D eigenvalue weighted by Gasteiger charge is -2.22. The van der Waals surface area contributed by atoms with Gasteiger partial charge in [-0.3, -0.25) is 4.68 Å². The molecule has 1 aromatic carbocycles. The minimum absolute atomic E-state index is 0.0702. The first kappa shape index (κ1) is 19.0. The van der Waals surface area contributed by atoms with E-state index < -0.39 is 5.97 Å². The van der Waals surface area contributed by atoms with Crippen LogP contribution in [-0.4, -0.2) is 38.9 Å². The first-order valence-corrected chi connectivity index (χ1v) is 10.5. The average molecular weight is 417 g/mol. The Hall–Kier alpha value is -2.38. The number of aromatic carboxylic acids is 1. The van der Waals surface area contributed by atoms with Crippen molar-refractivity contribution in [2.45, 2.75) is 32.7 Å². The fraction of sp³-hybridized carbons (Fsp3) is 0.350. The second-order valence-corrected chi connectivity index (χ2v) is 8.29. The summed E-state index contributed by atoms with van der Waals surface area (Å²) in [5.41, 5.74) is 2.84. The van der Waals surface area contributed by atoms with E-state index in [4.69, 9.17) is 16.6 Å². The number of anilines is 1. The third-order valence-corrected chi connectivity index (χ3v) is 6.05. The fourth-order valence-corrected chi connectivity index (χ4v) is 4.83. The number of benzene rings is 1. The molecule has 0 atom stereocenters. The summed E-state index contributed by atoms with van der Waals surface area (Å²) in [5.74, 6) is -1.01. The predicted octanol–water partition coefficient (Wildman–Crippen LogP) is 4.61. The Morgan fingerprint density at radius 3 is 2.89 bits per heavy atom. The lowest BCUT2D eigenvalue weighted by Crippen LogP contribution is -2.26. The van der Waals surface area contributed by atoms with Gasteiger partial charge in [0.1, 0.15) is 0 Å². The van der Waals surface area contributed by atoms with Crippen LogP contribution in [-0.2, 0) is 13.0 Å². The van der Waals surface area contributed by atoms with Gasteiger partial charge in [-0.2, -0.15) is 5.10 Å². The standard InChI is InChI=1S/C20H21ClN4O2S/c1-2-6-15-11-16(19(26)27)23-25(15)12-13-9-14(21)10-17-18(13)22-20(28-17)24-7-4-3-5-8-24/h3-4,9-11H,2,5-8,12H2,1H3,(H,26,27). The molecule has 0 radical (unpaired) electrons. The molecular formula is C20H21ClN4O2S. The lowest BCUT2D eigenvalue weighted by atomic mass is 10.2. The minimum Gasteiger partial charge on any atom is -0.476 e. The van der Waals surface area contributed by atoms with Crippen LogP contribution in [0.5, 0.6) is 0 Å². The molecule has 0 aliphatic carbocycles. The van der Waals surface area contributed by atoms with Crippen molar-refractivity contribution >= 4 is 44.3 Å². The maximum Gasteiger partial charge on any atom is 0.356 e. The second-order valence-electron chi connectivity index (χ2n) is 6.85. The molecule has 28 heavy (non-hydrogen) atoms. The highest BCUT2D eigenvalue weighted by Gasteiger charge is 2.18. The highest BCUT2D eigenvalue weighted by atomic mass is 35.5. The number of rotatable bonds is 6. The molecule has 1 aliphatic rings. The van der Waals surface area contributed by atoms with Gasteiger partial charge in [-0.15, -0.1) is 0 Å². The summed E-state index contributed by atoms with van der Waals surface area (Å²) in [6.07, 6.45) is 7.07. The van der Waals surface area contributed by atoms with Crippen molar-refractivity contribution in [2.24, 2.45) is 0 Å². The number of carboxylic acids is 1. The van der Waals surface area contributed by atoms with E-state index in [0.717, 1.165) is 59.0 Å². The van der Waals surface area contributed by atoms with Gasteiger partial charge >= 0.3 is 5.97 Å². The van der Waals surface area contributed by atoms with Crippen LogP contribution in [0.25, 0.3) is 10.2 Å². The molecule has 0 unspecified atom stereocenters. The molecule has 2 aromatic heterocycles. The highest BCUT2D eigenvalue weighted by molar-refractivity contribution is 7.22. The van der Waals surface area contributed by atoms with Crippen LogP contribution in [0.3, 0.4) is 0 Å². The maximum absolute atomic E-state index is 11.3. The molecule has 6 nitrogen and oxygen atoms in total. The Bertz CT molecular complexity index is 1060. The molecule has 8 heteroatoms. The molecule has 3 aromatic rings.